The Labute approximate surface area is 183 Å². The molecule has 1 unspecified atom stereocenters. The topological polar surface area (TPSA) is 75.4 Å². The molecule has 0 saturated heterocycles. The van der Waals surface area contributed by atoms with Crippen molar-refractivity contribution in [2.45, 2.75) is 46.7 Å². The number of carbonyl (C=O) groups excluding carboxylic acids is 2. The molecule has 3 rings (SSSR count). The molecule has 1 aromatic heterocycles. The standard InChI is InChI=1S/C25H29N3O3/c1-16(26-18(3)29)13-20-9-11-21(12-10-20)22-7-6-8-23(14-22)25(30)28(5)15-24-17(2)31-19(4)27-24/h6-12,14,16H,13,15H2,1-5H3,(H,26,29). The average molecular weight is 420 g/mol. The van der Waals surface area contributed by atoms with E-state index in [1.165, 1.54) is 6.92 Å². The van der Waals surface area contributed by atoms with Crippen LogP contribution >= 0.6 is 0 Å². The molecule has 2 aromatic carbocycles. The van der Waals surface area contributed by atoms with E-state index in [-0.39, 0.29) is 17.9 Å². The maximum absolute atomic E-state index is 12.9. The van der Waals surface area contributed by atoms with Crippen LogP contribution in [-0.4, -0.2) is 34.8 Å². The molecule has 3 aromatic rings. The summed E-state index contributed by atoms with van der Waals surface area (Å²) in [6, 6.07) is 15.9. The lowest BCUT2D eigenvalue weighted by Gasteiger charge is -2.17. The van der Waals surface area contributed by atoms with Gasteiger partial charge >= 0.3 is 0 Å². The van der Waals surface area contributed by atoms with Gasteiger partial charge in [0.25, 0.3) is 5.91 Å². The molecule has 162 valence electrons. The first kappa shape index (κ1) is 22.3. The Kier molecular flexibility index (Phi) is 6.90. The summed E-state index contributed by atoms with van der Waals surface area (Å²) in [6.45, 7) is 7.57. The monoisotopic (exact) mass is 419 g/mol. The first-order valence-corrected chi connectivity index (χ1v) is 10.4. The lowest BCUT2D eigenvalue weighted by atomic mass is 9.99. The number of benzene rings is 2. The fourth-order valence-corrected chi connectivity index (χ4v) is 3.65. The zero-order chi connectivity index (χ0) is 22.5. The predicted molar refractivity (Wildman–Crippen MR) is 121 cm³/mol. The summed E-state index contributed by atoms with van der Waals surface area (Å²) in [4.78, 5) is 30.1. The highest BCUT2D eigenvalue weighted by molar-refractivity contribution is 5.95. The van der Waals surface area contributed by atoms with E-state index in [0.717, 1.165) is 34.6 Å². The molecule has 0 saturated carbocycles. The average Bonchev–Trinajstić information content (AvgIpc) is 3.04. The highest BCUT2D eigenvalue weighted by Crippen LogP contribution is 2.22. The second kappa shape index (κ2) is 9.60. The van der Waals surface area contributed by atoms with Crippen LogP contribution in [0.2, 0.25) is 0 Å². The zero-order valence-electron chi connectivity index (χ0n) is 18.7. The van der Waals surface area contributed by atoms with Gasteiger partial charge in [-0.25, -0.2) is 4.98 Å². The maximum Gasteiger partial charge on any atom is 0.253 e. The van der Waals surface area contributed by atoms with Gasteiger partial charge in [0.05, 0.1) is 6.54 Å². The van der Waals surface area contributed by atoms with E-state index in [2.05, 4.69) is 22.4 Å². The summed E-state index contributed by atoms with van der Waals surface area (Å²) >= 11 is 0. The third-order valence-electron chi connectivity index (χ3n) is 5.12. The van der Waals surface area contributed by atoms with Crippen molar-refractivity contribution in [3.05, 3.63) is 77.0 Å². The van der Waals surface area contributed by atoms with Gasteiger partial charge in [-0.3, -0.25) is 9.59 Å². The van der Waals surface area contributed by atoms with Crippen LogP contribution in [0.15, 0.2) is 52.9 Å². The molecule has 0 spiro atoms. The van der Waals surface area contributed by atoms with Crippen LogP contribution in [0.5, 0.6) is 0 Å². The first-order chi connectivity index (χ1) is 14.7. The van der Waals surface area contributed by atoms with E-state index < -0.39 is 0 Å². The largest absolute Gasteiger partial charge is 0.446 e. The molecule has 0 bridgehead atoms. The smallest absolute Gasteiger partial charge is 0.253 e. The molecule has 1 atom stereocenters. The number of rotatable bonds is 7. The lowest BCUT2D eigenvalue weighted by molar-refractivity contribution is -0.119. The number of amides is 2. The van der Waals surface area contributed by atoms with Gasteiger partial charge in [0.15, 0.2) is 5.89 Å². The zero-order valence-corrected chi connectivity index (χ0v) is 18.7. The molecule has 0 aliphatic rings. The number of oxazole rings is 1. The van der Waals surface area contributed by atoms with Gasteiger partial charge in [-0.1, -0.05) is 36.4 Å². The van der Waals surface area contributed by atoms with E-state index in [0.29, 0.717) is 18.0 Å². The van der Waals surface area contributed by atoms with Crippen LogP contribution in [-0.2, 0) is 17.8 Å². The van der Waals surface area contributed by atoms with E-state index >= 15 is 0 Å². The van der Waals surface area contributed by atoms with E-state index in [1.54, 1.807) is 18.9 Å². The van der Waals surface area contributed by atoms with Crippen molar-refractivity contribution in [2.24, 2.45) is 0 Å². The van der Waals surface area contributed by atoms with Gasteiger partial charge < -0.3 is 14.6 Å². The molecule has 6 nitrogen and oxygen atoms in total. The Hall–Kier alpha value is -3.41. The number of nitrogens with zero attached hydrogens (tertiary/aromatic N) is 2. The molecule has 0 radical (unpaired) electrons. The minimum atomic E-state index is -0.0670. The quantitative estimate of drug-likeness (QED) is 0.620. The van der Waals surface area contributed by atoms with Crippen LogP contribution in [0.25, 0.3) is 11.1 Å². The van der Waals surface area contributed by atoms with Crippen LogP contribution in [0, 0.1) is 13.8 Å². The third-order valence-corrected chi connectivity index (χ3v) is 5.12. The van der Waals surface area contributed by atoms with Crippen molar-refractivity contribution in [1.82, 2.24) is 15.2 Å². The Bertz CT molecular complexity index is 1070. The normalized spacial score (nSPS) is 11.8. The molecule has 0 aliphatic carbocycles. The van der Waals surface area contributed by atoms with Crippen molar-refractivity contribution in [3.63, 3.8) is 0 Å². The predicted octanol–water partition coefficient (Wildman–Crippen LogP) is 4.30. The fourth-order valence-electron chi connectivity index (χ4n) is 3.65. The van der Waals surface area contributed by atoms with Crippen molar-refractivity contribution in [1.29, 1.82) is 0 Å². The van der Waals surface area contributed by atoms with Crippen LogP contribution in [0.1, 0.15) is 47.1 Å². The summed E-state index contributed by atoms with van der Waals surface area (Å²) < 4.78 is 5.46. The fraction of sp³-hybridized carbons (Fsp3) is 0.320. The van der Waals surface area contributed by atoms with Crippen LogP contribution < -0.4 is 5.32 Å². The maximum atomic E-state index is 12.9. The second-order valence-electron chi connectivity index (χ2n) is 7.98. The lowest BCUT2D eigenvalue weighted by Crippen LogP contribution is -2.31. The van der Waals surface area contributed by atoms with Gasteiger partial charge in [-0.15, -0.1) is 0 Å². The molecular formula is C25H29N3O3. The summed E-state index contributed by atoms with van der Waals surface area (Å²) in [7, 11) is 1.77. The highest BCUT2D eigenvalue weighted by atomic mass is 16.4. The molecule has 0 fully saturated rings. The summed E-state index contributed by atoms with van der Waals surface area (Å²) in [5.74, 6) is 1.25. The van der Waals surface area contributed by atoms with Gasteiger partial charge in [0.1, 0.15) is 11.5 Å². The first-order valence-electron chi connectivity index (χ1n) is 10.4. The summed E-state index contributed by atoms with van der Waals surface area (Å²) in [5, 5.41) is 2.90. The second-order valence-corrected chi connectivity index (χ2v) is 7.98. The van der Waals surface area contributed by atoms with Crippen LogP contribution in [0.3, 0.4) is 0 Å². The minimum Gasteiger partial charge on any atom is -0.446 e. The number of carbonyl (C=O) groups is 2. The molecule has 2 amide bonds. The molecular weight excluding hydrogens is 390 g/mol. The molecule has 1 N–H and O–H groups in total. The number of nitrogens with one attached hydrogen (secondary N) is 1. The SMILES string of the molecule is CC(=O)NC(C)Cc1ccc(-c2cccc(C(=O)N(C)Cc3nc(C)oc3C)c2)cc1. The number of hydrogen-bond acceptors (Lipinski definition) is 4. The molecule has 0 aliphatic heterocycles. The Morgan fingerprint density at radius 2 is 1.81 bits per heavy atom. The van der Waals surface area contributed by atoms with E-state index in [9.17, 15) is 9.59 Å². The Balaban J connectivity index is 1.71. The molecule has 6 heteroatoms. The third kappa shape index (κ3) is 5.81. The van der Waals surface area contributed by atoms with Crippen molar-refractivity contribution >= 4 is 11.8 Å². The van der Waals surface area contributed by atoms with Gasteiger partial charge in [0.2, 0.25) is 5.91 Å². The highest BCUT2D eigenvalue weighted by Gasteiger charge is 2.16. The van der Waals surface area contributed by atoms with Crippen molar-refractivity contribution < 1.29 is 14.0 Å². The minimum absolute atomic E-state index is 0.0237. The number of aromatic nitrogens is 1. The molecule has 1 heterocycles. The van der Waals surface area contributed by atoms with Crippen molar-refractivity contribution in [3.8, 4) is 11.1 Å². The van der Waals surface area contributed by atoms with Gasteiger partial charge in [-0.2, -0.15) is 0 Å². The Morgan fingerprint density at radius 3 is 2.42 bits per heavy atom. The van der Waals surface area contributed by atoms with Gasteiger partial charge in [0, 0.05) is 32.5 Å². The Morgan fingerprint density at radius 1 is 1.10 bits per heavy atom. The van der Waals surface area contributed by atoms with E-state index in [1.807, 2.05) is 50.2 Å². The van der Waals surface area contributed by atoms with Gasteiger partial charge in [-0.05, 0) is 49.1 Å². The molecule has 31 heavy (non-hydrogen) atoms. The summed E-state index contributed by atoms with van der Waals surface area (Å²) in [6.07, 6.45) is 0.768. The van der Waals surface area contributed by atoms with Crippen molar-refractivity contribution in [2.75, 3.05) is 7.05 Å². The summed E-state index contributed by atoms with van der Waals surface area (Å²) in [5.41, 5.74) is 4.57. The van der Waals surface area contributed by atoms with Crippen LogP contribution in [0.4, 0.5) is 0 Å². The van der Waals surface area contributed by atoms with E-state index in [4.69, 9.17) is 4.42 Å². The number of hydrogen-bond donors (Lipinski definition) is 1. The number of aryl methyl sites for hydroxylation is 2.